The molecule has 1 saturated carbocycles. The van der Waals surface area contributed by atoms with Crippen LogP contribution >= 0.6 is 0 Å². The monoisotopic (exact) mass is 409 g/mol. The summed E-state index contributed by atoms with van der Waals surface area (Å²) in [6.07, 6.45) is 2.09. The smallest absolute Gasteiger partial charge is 0.416 e. The standard InChI is InChI=1S/C21H22F3NO4/c1-28-19(26)15-11-25(13-7-3-4-8-13)12-16(20(27)29-2)18(15)14-9-5-6-10-17(14)21(22,23)24/h5-6,9-13,18H,3-4,7-8H2,1-2H3. The zero-order valence-electron chi connectivity index (χ0n) is 16.2. The van der Waals surface area contributed by atoms with E-state index < -0.39 is 29.6 Å². The Bertz CT molecular complexity index is 820. The van der Waals surface area contributed by atoms with E-state index in [2.05, 4.69) is 0 Å². The predicted molar refractivity (Wildman–Crippen MR) is 98.5 cm³/mol. The van der Waals surface area contributed by atoms with Gasteiger partial charge < -0.3 is 14.4 Å². The summed E-state index contributed by atoms with van der Waals surface area (Å²) in [5, 5.41) is 0. The Balaban J connectivity index is 2.19. The molecule has 0 bridgehead atoms. The molecule has 1 aliphatic heterocycles. The molecule has 0 atom stereocenters. The molecular weight excluding hydrogens is 387 g/mol. The number of carbonyl (C=O) groups excluding carboxylic acids is 2. The van der Waals surface area contributed by atoms with E-state index in [4.69, 9.17) is 9.47 Å². The normalized spacial score (nSPS) is 18.3. The van der Waals surface area contributed by atoms with Gasteiger partial charge in [0.2, 0.25) is 0 Å². The van der Waals surface area contributed by atoms with Gasteiger partial charge in [0, 0.05) is 18.4 Å². The van der Waals surface area contributed by atoms with E-state index in [1.807, 2.05) is 0 Å². The first-order valence-electron chi connectivity index (χ1n) is 9.31. The van der Waals surface area contributed by atoms with Crippen molar-refractivity contribution in [3.63, 3.8) is 0 Å². The van der Waals surface area contributed by atoms with Gasteiger partial charge in [-0.05, 0) is 24.5 Å². The van der Waals surface area contributed by atoms with Crippen molar-refractivity contribution in [3.05, 3.63) is 58.9 Å². The molecule has 0 unspecified atom stereocenters. The highest BCUT2D eigenvalue weighted by Crippen LogP contribution is 2.44. The molecule has 0 radical (unpaired) electrons. The van der Waals surface area contributed by atoms with Crippen molar-refractivity contribution in [2.45, 2.75) is 43.8 Å². The first-order chi connectivity index (χ1) is 13.8. The minimum absolute atomic E-state index is 0.0287. The van der Waals surface area contributed by atoms with Crippen molar-refractivity contribution >= 4 is 11.9 Å². The molecule has 0 aromatic heterocycles. The van der Waals surface area contributed by atoms with Gasteiger partial charge >= 0.3 is 18.1 Å². The van der Waals surface area contributed by atoms with Crippen LogP contribution in [0.15, 0.2) is 47.8 Å². The Morgan fingerprint density at radius 1 is 0.966 bits per heavy atom. The summed E-state index contributed by atoms with van der Waals surface area (Å²) >= 11 is 0. The molecule has 29 heavy (non-hydrogen) atoms. The SMILES string of the molecule is COC(=O)C1=CN(C2CCCC2)C=C(C(=O)OC)C1c1ccccc1C(F)(F)F. The van der Waals surface area contributed by atoms with E-state index in [-0.39, 0.29) is 22.8 Å². The molecule has 0 spiro atoms. The number of carbonyl (C=O) groups is 2. The summed E-state index contributed by atoms with van der Waals surface area (Å²) in [7, 11) is 2.32. The highest BCUT2D eigenvalue weighted by Gasteiger charge is 2.42. The molecule has 3 rings (SSSR count). The second kappa shape index (κ2) is 8.31. The Hall–Kier alpha value is -2.77. The average molecular weight is 409 g/mol. The van der Waals surface area contributed by atoms with E-state index in [1.165, 1.54) is 30.6 Å². The zero-order chi connectivity index (χ0) is 21.2. The largest absolute Gasteiger partial charge is 0.466 e. The van der Waals surface area contributed by atoms with Gasteiger partial charge in [-0.2, -0.15) is 13.2 Å². The third-order valence-electron chi connectivity index (χ3n) is 5.36. The summed E-state index contributed by atoms with van der Waals surface area (Å²) in [4.78, 5) is 26.8. The molecule has 0 amide bonds. The molecular formula is C21H22F3NO4. The second-order valence-electron chi connectivity index (χ2n) is 7.06. The van der Waals surface area contributed by atoms with Gasteiger partial charge in [0.25, 0.3) is 0 Å². The number of alkyl halides is 3. The zero-order valence-corrected chi connectivity index (χ0v) is 16.2. The van der Waals surface area contributed by atoms with Crippen molar-refractivity contribution in [2.24, 2.45) is 0 Å². The molecule has 1 heterocycles. The fourth-order valence-electron chi connectivity index (χ4n) is 4.01. The molecule has 0 saturated heterocycles. The molecule has 1 fully saturated rings. The molecule has 0 N–H and O–H groups in total. The quantitative estimate of drug-likeness (QED) is 0.699. The fourth-order valence-corrected chi connectivity index (χ4v) is 4.01. The van der Waals surface area contributed by atoms with E-state index in [9.17, 15) is 22.8 Å². The van der Waals surface area contributed by atoms with Gasteiger partial charge in [-0.15, -0.1) is 0 Å². The Morgan fingerprint density at radius 2 is 1.48 bits per heavy atom. The minimum atomic E-state index is -4.65. The maximum Gasteiger partial charge on any atom is 0.416 e. The molecule has 1 aliphatic carbocycles. The van der Waals surface area contributed by atoms with Crippen LogP contribution in [0.4, 0.5) is 13.2 Å². The van der Waals surface area contributed by atoms with Crippen molar-refractivity contribution in [3.8, 4) is 0 Å². The lowest BCUT2D eigenvalue weighted by Crippen LogP contribution is -2.33. The maximum absolute atomic E-state index is 13.7. The molecule has 5 nitrogen and oxygen atoms in total. The number of rotatable bonds is 4. The van der Waals surface area contributed by atoms with E-state index in [0.717, 1.165) is 46.0 Å². The van der Waals surface area contributed by atoms with Gasteiger partial charge in [-0.3, -0.25) is 0 Å². The van der Waals surface area contributed by atoms with Crippen LogP contribution < -0.4 is 0 Å². The number of halogens is 3. The highest BCUT2D eigenvalue weighted by molar-refractivity contribution is 5.98. The first kappa shape index (κ1) is 21.0. The number of hydrogen-bond donors (Lipinski definition) is 0. The molecule has 1 aromatic carbocycles. The van der Waals surface area contributed by atoms with E-state index in [1.54, 1.807) is 4.90 Å². The maximum atomic E-state index is 13.7. The van der Waals surface area contributed by atoms with Crippen molar-refractivity contribution in [1.82, 2.24) is 4.90 Å². The van der Waals surface area contributed by atoms with Crippen LogP contribution in [0.3, 0.4) is 0 Å². The second-order valence-corrected chi connectivity index (χ2v) is 7.06. The summed E-state index contributed by atoms with van der Waals surface area (Å²) in [5.41, 5.74) is -1.17. The number of ether oxygens (including phenoxy) is 2. The van der Waals surface area contributed by atoms with E-state index in [0.29, 0.717) is 0 Å². The lowest BCUT2D eigenvalue weighted by molar-refractivity contribution is -0.140. The van der Waals surface area contributed by atoms with Crippen LogP contribution in [0.25, 0.3) is 0 Å². The van der Waals surface area contributed by atoms with Crippen LogP contribution in [-0.4, -0.2) is 37.1 Å². The van der Waals surface area contributed by atoms with Gasteiger partial charge in [-0.1, -0.05) is 31.0 Å². The van der Waals surface area contributed by atoms with Crippen LogP contribution in [0.2, 0.25) is 0 Å². The Kier molecular flexibility index (Phi) is 6.00. The van der Waals surface area contributed by atoms with Gasteiger partial charge in [0.05, 0.1) is 36.8 Å². The minimum Gasteiger partial charge on any atom is -0.466 e. The lowest BCUT2D eigenvalue weighted by atomic mass is 9.80. The molecule has 8 heteroatoms. The summed E-state index contributed by atoms with van der Waals surface area (Å²) in [6.45, 7) is 0. The molecule has 156 valence electrons. The van der Waals surface area contributed by atoms with E-state index >= 15 is 0 Å². The third-order valence-corrected chi connectivity index (χ3v) is 5.36. The predicted octanol–water partition coefficient (Wildman–Crippen LogP) is 4.16. The van der Waals surface area contributed by atoms with Crippen LogP contribution in [0, 0.1) is 0 Å². The van der Waals surface area contributed by atoms with Crippen LogP contribution in [0.1, 0.15) is 42.7 Å². The number of methoxy groups -OCH3 is 2. The van der Waals surface area contributed by atoms with Crippen molar-refractivity contribution in [1.29, 1.82) is 0 Å². The van der Waals surface area contributed by atoms with Gasteiger partial charge in [0.1, 0.15) is 0 Å². The Labute approximate surface area is 166 Å². The summed E-state index contributed by atoms with van der Waals surface area (Å²) in [5.74, 6) is -2.82. The number of nitrogens with zero attached hydrogens (tertiary/aromatic N) is 1. The Morgan fingerprint density at radius 3 is 1.97 bits per heavy atom. The number of benzene rings is 1. The highest BCUT2D eigenvalue weighted by atomic mass is 19.4. The topological polar surface area (TPSA) is 55.8 Å². The van der Waals surface area contributed by atoms with Crippen molar-refractivity contribution in [2.75, 3.05) is 14.2 Å². The van der Waals surface area contributed by atoms with Crippen LogP contribution in [0.5, 0.6) is 0 Å². The lowest BCUT2D eigenvalue weighted by Gasteiger charge is -2.34. The molecule has 2 aliphatic rings. The molecule has 1 aromatic rings. The summed E-state index contributed by atoms with van der Waals surface area (Å²) in [6, 6.07) is 4.98. The van der Waals surface area contributed by atoms with Crippen LogP contribution in [-0.2, 0) is 25.2 Å². The summed E-state index contributed by atoms with van der Waals surface area (Å²) < 4.78 is 50.7. The average Bonchev–Trinajstić information content (AvgIpc) is 3.26. The number of hydrogen-bond acceptors (Lipinski definition) is 5. The van der Waals surface area contributed by atoms with Gasteiger partial charge in [-0.25, -0.2) is 9.59 Å². The van der Waals surface area contributed by atoms with Gasteiger partial charge in [0.15, 0.2) is 0 Å². The first-order valence-corrected chi connectivity index (χ1v) is 9.31. The van der Waals surface area contributed by atoms with Crippen molar-refractivity contribution < 1.29 is 32.2 Å². The number of esters is 2. The fraction of sp³-hybridized carbons (Fsp3) is 0.429. The third kappa shape index (κ3) is 4.16.